The Balaban J connectivity index is 2.05. The zero-order chi connectivity index (χ0) is 17.5. The molecule has 4 nitrogen and oxygen atoms in total. The maximum absolute atomic E-state index is 12.6. The first kappa shape index (κ1) is 16.5. The third kappa shape index (κ3) is 2.90. The Morgan fingerprint density at radius 3 is 2.25 bits per heavy atom. The van der Waals surface area contributed by atoms with Crippen molar-refractivity contribution >= 4 is 20.9 Å². The molecular weight excluding hydrogens is 341 g/mol. The predicted molar refractivity (Wildman–Crippen MR) is 84.5 cm³/mol. The van der Waals surface area contributed by atoms with Crippen molar-refractivity contribution in [3.63, 3.8) is 0 Å². The highest BCUT2D eigenvalue weighted by Gasteiger charge is 2.30. The highest BCUT2D eigenvalue weighted by atomic mass is 32.2. The van der Waals surface area contributed by atoms with E-state index < -0.39 is 21.8 Å². The lowest BCUT2D eigenvalue weighted by Crippen LogP contribution is -2.18. The smallest absolute Gasteiger partial charge is 0.317 e. The van der Waals surface area contributed by atoms with Gasteiger partial charge in [-0.25, -0.2) is 13.1 Å². The van der Waals surface area contributed by atoms with Gasteiger partial charge in [0, 0.05) is 17.3 Å². The van der Waals surface area contributed by atoms with Gasteiger partial charge in [-0.3, -0.25) is 0 Å². The number of aromatic nitrogens is 1. The summed E-state index contributed by atoms with van der Waals surface area (Å²) in [5, 5.41) is 0.672. The predicted octanol–water partition coefficient (Wildman–Crippen LogP) is 3.56. The third-order valence-electron chi connectivity index (χ3n) is 3.71. The first-order chi connectivity index (χ1) is 11.2. The normalized spacial score (nSPS) is 12.7. The number of benzene rings is 2. The van der Waals surface area contributed by atoms with E-state index in [1.807, 2.05) is 0 Å². The SMILES string of the molecule is CNS(=O)(=O)c1ccc2c(ccn2-c2ccc(C(F)(F)F)cc2)c1. The minimum Gasteiger partial charge on any atom is -0.317 e. The Kier molecular flexibility index (Phi) is 3.89. The van der Waals surface area contributed by atoms with E-state index in [1.165, 1.54) is 31.3 Å². The Morgan fingerprint density at radius 1 is 1.00 bits per heavy atom. The van der Waals surface area contributed by atoms with E-state index in [4.69, 9.17) is 0 Å². The van der Waals surface area contributed by atoms with Crippen LogP contribution in [0.3, 0.4) is 0 Å². The molecule has 1 heterocycles. The number of halogens is 3. The molecule has 8 heteroatoms. The summed E-state index contributed by atoms with van der Waals surface area (Å²) in [6.45, 7) is 0. The van der Waals surface area contributed by atoms with Crippen molar-refractivity contribution < 1.29 is 21.6 Å². The molecule has 0 spiro atoms. The van der Waals surface area contributed by atoms with Crippen molar-refractivity contribution in [1.82, 2.24) is 9.29 Å². The maximum atomic E-state index is 12.6. The minimum absolute atomic E-state index is 0.127. The molecule has 0 bridgehead atoms. The van der Waals surface area contributed by atoms with E-state index in [2.05, 4.69) is 4.72 Å². The zero-order valence-corrected chi connectivity index (χ0v) is 13.3. The molecule has 0 saturated heterocycles. The van der Waals surface area contributed by atoms with E-state index in [0.29, 0.717) is 16.6 Å². The molecule has 0 aliphatic rings. The first-order valence-electron chi connectivity index (χ1n) is 6.95. The number of sulfonamides is 1. The third-order valence-corrected chi connectivity index (χ3v) is 5.13. The summed E-state index contributed by atoms with van der Waals surface area (Å²) < 4.78 is 65.5. The van der Waals surface area contributed by atoms with Gasteiger partial charge in [-0.1, -0.05) is 0 Å². The van der Waals surface area contributed by atoms with Crippen LogP contribution in [0.1, 0.15) is 5.56 Å². The largest absolute Gasteiger partial charge is 0.416 e. The van der Waals surface area contributed by atoms with Crippen molar-refractivity contribution in [2.75, 3.05) is 7.05 Å². The maximum Gasteiger partial charge on any atom is 0.416 e. The van der Waals surface area contributed by atoms with E-state index in [1.54, 1.807) is 22.9 Å². The van der Waals surface area contributed by atoms with Crippen LogP contribution in [0.25, 0.3) is 16.6 Å². The van der Waals surface area contributed by atoms with Crippen LogP contribution >= 0.6 is 0 Å². The monoisotopic (exact) mass is 354 g/mol. The molecule has 0 unspecified atom stereocenters. The fraction of sp³-hybridized carbons (Fsp3) is 0.125. The number of fused-ring (bicyclic) bond motifs is 1. The Morgan fingerprint density at radius 2 is 1.67 bits per heavy atom. The van der Waals surface area contributed by atoms with Crippen molar-refractivity contribution in [3.05, 3.63) is 60.3 Å². The number of hydrogen-bond donors (Lipinski definition) is 1. The van der Waals surface area contributed by atoms with Crippen LogP contribution in [-0.4, -0.2) is 20.0 Å². The molecule has 2 aromatic carbocycles. The summed E-state index contributed by atoms with van der Waals surface area (Å²) >= 11 is 0. The van der Waals surface area contributed by atoms with Gasteiger partial charge in [0.25, 0.3) is 0 Å². The second kappa shape index (κ2) is 5.64. The second-order valence-corrected chi connectivity index (χ2v) is 7.05. The van der Waals surface area contributed by atoms with Crippen LogP contribution in [0.2, 0.25) is 0 Å². The molecule has 0 saturated carbocycles. The Labute approximate surface area is 136 Å². The van der Waals surface area contributed by atoms with Crippen LogP contribution < -0.4 is 4.72 Å². The highest BCUT2D eigenvalue weighted by Crippen LogP contribution is 2.30. The number of hydrogen-bond acceptors (Lipinski definition) is 2. The van der Waals surface area contributed by atoms with Gasteiger partial charge in [0.15, 0.2) is 0 Å². The summed E-state index contributed by atoms with van der Waals surface area (Å²) in [5.74, 6) is 0. The summed E-state index contributed by atoms with van der Waals surface area (Å²) in [4.78, 5) is 0.127. The van der Waals surface area contributed by atoms with Crippen LogP contribution in [0.4, 0.5) is 13.2 Å². The molecule has 3 aromatic rings. The van der Waals surface area contributed by atoms with Gasteiger partial charge >= 0.3 is 6.18 Å². The first-order valence-corrected chi connectivity index (χ1v) is 8.43. The molecule has 3 rings (SSSR count). The second-order valence-electron chi connectivity index (χ2n) is 5.16. The van der Waals surface area contributed by atoms with E-state index in [9.17, 15) is 21.6 Å². The number of alkyl halides is 3. The molecule has 0 radical (unpaired) electrons. The lowest BCUT2D eigenvalue weighted by Gasteiger charge is -2.10. The van der Waals surface area contributed by atoms with E-state index in [0.717, 1.165) is 12.1 Å². The molecule has 24 heavy (non-hydrogen) atoms. The highest BCUT2D eigenvalue weighted by molar-refractivity contribution is 7.89. The van der Waals surface area contributed by atoms with E-state index >= 15 is 0 Å². The summed E-state index contributed by atoms with van der Waals surface area (Å²) in [6, 6.07) is 11.1. The van der Waals surface area contributed by atoms with Crippen LogP contribution in [0.5, 0.6) is 0 Å². The molecule has 0 aliphatic heterocycles. The van der Waals surface area contributed by atoms with E-state index in [-0.39, 0.29) is 4.90 Å². The van der Waals surface area contributed by atoms with Crippen molar-refractivity contribution in [3.8, 4) is 5.69 Å². The minimum atomic E-state index is -4.38. The van der Waals surface area contributed by atoms with Crippen molar-refractivity contribution in [2.24, 2.45) is 0 Å². The number of rotatable bonds is 3. The van der Waals surface area contributed by atoms with Crippen molar-refractivity contribution in [2.45, 2.75) is 11.1 Å². The van der Waals surface area contributed by atoms with Crippen LogP contribution in [0.15, 0.2) is 59.6 Å². The molecule has 1 aromatic heterocycles. The van der Waals surface area contributed by atoms with Crippen molar-refractivity contribution in [1.29, 1.82) is 0 Å². The average Bonchev–Trinajstić information content (AvgIpc) is 2.97. The number of nitrogens with one attached hydrogen (secondary N) is 1. The lowest BCUT2D eigenvalue weighted by atomic mass is 10.2. The molecular formula is C16H13F3N2O2S. The van der Waals surface area contributed by atoms with Gasteiger partial charge in [0.2, 0.25) is 10.0 Å². The standard InChI is InChI=1S/C16H13F3N2O2S/c1-20-24(22,23)14-6-7-15-11(10-14)8-9-21(15)13-4-2-12(3-5-13)16(17,18)19/h2-10,20H,1H3. The number of nitrogens with zero attached hydrogens (tertiary/aromatic N) is 1. The Bertz CT molecular complexity index is 990. The summed E-state index contributed by atoms with van der Waals surface area (Å²) in [5.41, 5.74) is 0.539. The Hall–Kier alpha value is -2.32. The summed E-state index contributed by atoms with van der Waals surface area (Å²) in [7, 11) is -2.22. The topological polar surface area (TPSA) is 51.1 Å². The van der Waals surface area contributed by atoms with Gasteiger partial charge in [-0.2, -0.15) is 13.2 Å². The fourth-order valence-electron chi connectivity index (χ4n) is 2.44. The summed E-state index contributed by atoms with van der Waals surface area (Å²) in [6.07, 6.45) is -2.70. The molecule has 0 atom stereocenters. The molecule has 126 valence electrons. The zero-order valence-electron chi connectivity index (χ0n) is 12.5. The molecule has 0 amide bonds. The van der Waals surface area contributed by atoms with Gasteiger partial charge in [-0.05, 0) is 55.6 Å². The molecule has 0 fully saturated rings. The lowest BCUT2D eigenvalue weighted by molar-refractivity contribution is -0.137. The molecule has 1 N–H and O–H groups in total. The average molecular weight is 354 g/mol. The van der Waals surface area contributed by atoms with Crippen LogP contribution in [0, 0.1) is 0 Å². The van der Waals surface area contributed by atoms with Gasteiger partial charge in [0.1, 0.15) is 0 Å². The molecule has 0 aliphatic carbocycles. The quantitative estimate of drug-likeness (QED) is 0.782. The van der Waals surface area contributed by atoms with Gasteiger partial charge in [-0.15, -0.1) is 0 Å². The van der Waals surface area contributed by atoms with Gasteiger partial charge in [0.05, 0.1) is 16.0 Å². The van der Waals surface area contributed by atoms with Gasteiger partial charge < -0.3 is 4.57 Å². The fourth-order valence-corrected chi connectivity index (χ4v) is 3.21. The van der Waals surface area contributed by atoms with Crippen LogP contribution in [-0.2, 0) is 16.2 Å².